The number of aromatic nitrogens is 1. The van der Waals surface area contributed by atoms with E-state index in [0.29, 0.717) is 29.1 Å². The maximum absolute atomic E-state index is 12.3. The van der Waals surface area contributed by atoms with Gasteiger partial charge in [0.2, 0.25) is 11.8 Å². The number of likely N-dealkylation sites (N-methyl/N-ethyl adjacent to an activating group) is 1. The van der Waals surface area contributed by atoms with E-state index in [1.54, 1.807) is 6.92 Å². The van der Waals surface area contributed by atoms with Crippen molar-refractivity contribution in [1.29, 1.82) is 0 Å². The fourth-order valence-corrected chi connectivity index (χ4v) is 1.74. The Kier molecular flexibility index (Phi) is 7.05. The molecule has 1 heterocycles. The predicted octanol–water partition coefficient (Wildman–Crippen LogP) is 1.37. The number of aryl methyl sites for hydroxylation is 2. The molecule has 0 aromatic carbocycles. The molecular formula is C14H22F3N5O2. The first-order chi connectivity index (χ1) is 11.1. The molecule has 0 atom stereocenters. The first kappa shape index (κ1) is 19.8. The number of carbonyl (C=O) groups is 1. The highest BCUT2D eigenvalue weighted by molar-refractivity contribution is 5.84. The third kappa shape index (κ3) is 6.88. The van der Waals surface area contributed by atoms with Gasteiger partial charge in [-0.2, -0.15) is 13.2 Å². The molecule has 0 aliphatic carbocycles. The molecule has 1 rings (SSSR count). The van der Waals surface area contributed by atoms with Crippen molar-refractivity contribution in [1.82, 2.24) is 20.5 Å². The first-order valence-corrected chi connectivity index (χ1v) is 7.38. The largest absolute Gasteiger partial charge is 0.444 e. The summed E-state index contributed by atoms with van der Waals surface area (Å²) in [6.45, 7) is 4.51. The lowest BCUT2D eigenvalue weighted by Crippen LogP contribution is -2.40. The minimum atomic E-state index is -4.43. The quantitative estimate of drug-likeness (QED) is 0.599. The molecule has 136 valence electrons. The molecule has 0 radical (unpaired) electrons. The molecule has 0 aliphatic heterocycles. The molecule has 10 heteroatoms. The average molecular weight is 349 g/mol. The number of carbonyl (C=O) groups excluding carboxylic acids is 1. The Morgan fingerprint density at radius 3 is 2.50 bits per heavy atom. The summed E-state index contributed by atoms with van der Waals surface area (Å²) in [4.78, 5) is 20.4. The fraction of sp³-hybridized carbons (Fsp3) is 0.643. The highest BCUT2D eigenvalue weighted by atomic mass is 19.4. The molecule has 0 aliphatic rings. The van der Waals surface area contributed by atoms with Crippen molar-refractivity contribution in [3.8, 4) is 0 Å². The predicted molar refractivity (Wildman–Crippen MR) is 82.5 cm³/mol. The molecule has 1 aromatic heterocycles. The van der Waals surface area contributed by atoms with Gasteiger partial charge in [-0.05, 0) is 20.8 Å². The van der Waals surface area contributed by atoms with Crippen molar-refractivity contribution < 1.29 is 22.4 Å². The molecule has 0 saturated heterocycles. The molecule has 0 unspecified atom stereocenters. The van der Waals surface area contributed by atoms with E-state index >= 15 is 0 Å². The van der Waals surface area contributed by atoms with Crippen LogP contribution >= 0.6 is 0 Å². The molecule has 24 heavy (non-hydrogen) atoms. The number of nitrogens with zero attached hydrogens (tertiary/aromatic N) is 3. The lowest BCUT2D eigenvalue weighted by atomic mass is 10.4. The summed E-state index contributed by atoms with van der Waals surface area (Å²) in [5, 5.41) is 5.80. The number of nitrogens with one attached hydrogen (secondary N) is 2. The van der Waals surface area contributed by atoms with Gasteiger partial charge in [-0.15, -0.1) is 0 Å². The van der Waals surface area contributed by atoms with Gasteiger partial charge in [0.1, 0.15) is 18.8 Å². The number of alkyl halides is 3. The number of aliphatic imine (C=N–C) groups is 1. The molecule has 0 spiro atoms. The minimum Gasteiger partial charge on any atom is -0.444 e. The van der Waals surface area contributed by atoms with Crippen molar-refractivity contribution in [2.24, 2.45) is 4.99 Å². The Labute approximate surface area is 138 Å². The highest BCUT2D eigenvalue weighted by Crippen LogP contribution is 2.15. The Bertz CT molecular complexity index is 564. The van der Waals surface area contributed by atoms with Gasteiger partial charge < -0.3 is 20.0 Å². The second-order valence-corrected chi connectivity index (χ2v) is 5.16. The van der Waals surface area contributed by atoms with Crippen LogP contribution in [0.2, 0.25) is 0 Å². The summed E-state index contributed by atoms with van der Waals surface area (Å²) in [6, 6.07) is 0. The zero-order chi connectivity index (χ0) is 18.3. The second kappa shape index (κ2) is 8.55. The molecule has 0 saturated carbocycles. The van der Waals surface area contributed by atoms with Crippen molar-refractivity contribution in [3.05, 3.63) is 17.3 Å². The van der Waals surface area contributed by atoms with E-state index < -0.39 is 25.2 Å². The van der Waals surface area contributed by atoms with Crippen LogP contribution in [0.15, 0.2) is 9.41 Å². The normalized spacial score (nSPS) is 12.2. The minimum absolute atomic E-state index is 0.243. The Hall–Kier alpha value is -2.26. The molecule has 1 amide bonds. The maximum atomic E-state index is 12.3. The SMILES string of the molecule is CCNC(=NCC(=O)N(C)CC(F)(F)F)NCc1nc(C)c(C)o1. The van der Waals surface area contributed by atoms with Gasteiger partial charge in [0.15, 0.2) is 5.96 Å². The van der Waals surface area contributed by atoms with Gasteiger partial charge in [-0.25, -0.2) is 9.98 Å². The Morgan fingerprint density at radius 1 is 1.33 bits per heavy atom. The number of rotatable bonds is 6. The monoisotopic (exact) mass is 349 g/mol. The van der Waals surface area contributed by atoms with Crippen molar-refractivity contribution in [3.63, 3.8) is 0 Å². The standard InChI is InChI=1S/C14H22F3N5O2/c1-5-18-13(19-6-11-21-9(2)10(3)24-11)20-7-12(23)22(4)8-14(15,16)17/h5-8H2,1-4H3,(H2,18,19,20). The zero-order valence-corrected chi connectivity index (χ0v) is 14.1. The lowest BCUT2D eigenvalue weighted by molar-refractivity contribution is -0.157. The highest BCUT2D eigenvalue weighted by Gasteiger charge is 2.31. The van der Waals surface area contributed by atoms with Crippen LogP contribution in [0.1, 0.15) is 24.3 Å². The Balaban J connectivity index is 2.59. The van der Waals surface area contributed by atoms with Crippen LogP contribution in [0.25, 0.3) is 0 Å². The van der Waals surface area contributed by atoms with E-state index in [4.69, 9.17) is 4.42 Å². The number of hydrogen-bond acceptors (Lipinski definition) is 4. The molecule has 1 aromatic rings. The van der Waals surface area contributed by atoms with E-state index in [1.807, 2.05) is 13.8 Å². The summed E-state index contributed by atoms with van der Waals surface area (Å²) in [5.74, 6) is 0.723. The van der Waals surface area contributed by atoms with E-state index in [9.17, 15) is 18.0 Å². The number of amides is 1. The molecule has 0 fully saturated rings. The summed E-state index contributed by atoms with van der Waals surface area (Å²) < 4.78 is 42.2. The van der Waals surface area contributed by atoms with E-state index in [2.05, 4.69) is 20.6 Å². The molecular weight excluding hydrogens is 327 g/mol. The van der Waals surface area contributed by atoms with Gasteiger partial charge in [0, 0.05) is 13.6 Å². The zero-order valence-electron chi connectivity index (χ0n) is 14.1. The average Bonchev–Trinajstić information content (AvgIpc) is 2.78. The number of halogens is 3. The summed E-state index contributed by atoms with van der Waals surface area (Å²) in [5.41, 5.74) is 0.776. The van der Waals surface area contributed by atoms with Crippen molar-refractivity contribution in [2.45, 2.75) is 33.5 Å². The first-order valence-electron chi connectivity index (χ1n) is 7.38. The molecule has 0 bridgehead atoms. The smallest absolute Gasteiger partial charge is 0.406 e. The van der Waals surface area contributed by atoms with Gasteiger partial charge in [0.25, 0.3) is 0 Å². The van der Waals surface area contributed by atoms with Crippen LogP contribution in [0.5, 0.6) is 0 Å². The van der Waals surface area contributed by atoms with E-state index in [-0.39, 0.29) is 6.54 Å². The number of oxazole rings is 1. The van der Waals surface area contributed by atoms with Gasteiger partial charge in [-0.3, -0.25) is 4.79 Å². The summed E-state index contributed by atoms with van der Waals surface area (Å²) in [7, 11) is 1.09. The van der Waals surface area contributed by atoms with Crippen LogP contribution in [-0.2, 0) is 11.3 Å². The molecule has 2 N–H and O–H groups in total. The van der Waals surface area contributed by atoms with E-state index in [1.165, 1.54) is 0 Å². The van der Waals surface area contributed by atoms with Crippen molar-refractivity contribution >= 4 is 11.9 Å². The van der Waals surface area contributed by atoms with Crippen molar-refractivity contribution in [2.75, 3.05) is 26.7 Å². The molecule has 7 nitrogen and oxygen atoms in total. The van der Waals surface area contributed by atoms with Gasteiger partial charge in [0.05, 0.1) is 12.2 Å². The van der Waals surface area contributed by atoms with Gasteiger partial charge in [-0.1, -0.05) is 0 Å². The van der Waals surface area contributed by atoms with Crippen LogP contribution in [0.3, 0.4) is 0 Å². The van der Waals surface area contributed by atoms with Crippen LogP contribution in [-0.4, -0.2) is 54.6 Å². The van der Waals surface area contributed by atoms with E-state index in [0.717, 1.165) is 12.7 Å². The second-order valence-electron chi connectivity index (χ2n) is 5.16. The summed E-state index contributed by atoms with van der Waals surface area (Å²) >= 11 is 0. The third-order valence-corrected chi connectivity index (χ3v) is 3.04. The topological polar surface area (TPSA) is 82.8 Å². The van der Waals surface area contributed by atoms with Gasteiger partial charge >= 0.3 is 6.18 Å². The third-order valence-electron chi connectivity index (χ3n) is 3.04. The fourth-order valence-electron chi connectivity index (χ4n) is 1.74. The van der Waals surface area contributed by atoms with Crippen LogP contribution in [0, 0.1) is 13.8 Å². The lowest BCUT2D eigenvalue weighted by Gasteiger charge is -2.18. The van der Waals surface area contributed by atoms with Crippen LogP contribution < -0.4 is 10.6 Å². The maximum Gasteiger partial charge on any atom is 0.406 e. The van der Waals surface area contributed by atoms with Crippen LogP contribution in [0.4, 0.5) is 13.2 Å². The Morgan fingerprint density at radius 2 is 2.00 bits per heavy atom. The number of hydrogen-bond donors (Lipinski definition) is 2. The summed E-state index contributed by atoms with van der Waals surface area (Å²) in [6.07, 6.45) is -4.43. The number of guanidine groups is 1.